The lowest BCUT2D eigenvalue weighted by Gasteiger charge is -2.06. The molecule has 2 nitrogen and oxygen atoms in total. The molecule has 0 rings (SSSR count). The molecule has 2 N–H and O–H groups in total. The highest BCUT2D eigenvalue weighted by molar-refractivity contribution is 5.30. The molecule has 0 atom stereocenters. The fourth-order valence-corrected chi connectivity index (χ4v) is 0.812. The Kier molecular flexibility index (Phi) is 4.97. The van der Waals surface area contributed by atoms with Crippen LogP contribution in [-0.4, -0.2) is 13.3 Å². The highest BCUT2D eigenvalue weighted by Crippen LogP contribution is 2.26. The Balaban J connectivity index is 4.81. The van der Waals surface area contributed by atoms with Gasteiger partial charge in [0.05, 0.1) is 12.7 Å². The lowest BCUT2D eigenvalue weighted by molar-refractivity contribution is -0.0883. The third-order valence-electron chi connectivity index (χ3n) is 1.76. The van der Waals surface area contributed by atoms with Crippen LogP contribution in [0.1, 0.15) is 13.8 Å². The van der Waals surface area contributed by atoms with Crippen LogP contribution in [0.4, 0.5) is 13.2 Å². The lowest BCUT2D eigenvalue weighted by atomic mass is 10.2. The topological polar surface area (TPSA) is 35.2 Å². The second-order valence-electron chi connectivity index (χ2n) is 2.83. The summed E-state index contributed by atoms with van der Waals surface area (Å²) in [5.41, 5.74) is 5.09. The molecule has 0 radical (unpaired) electrons. The van der Waals surface area contributed by atoms with E-state index in [-0.39, 0.29) is 5.88 Å². The fraction of sp³-hybridized carbons (Fsp3) is 0.400. The Hall–Kier alpha value is -1.39. The third kappa shape index (κ3) is 4.58. The minimum absolute atomic E-state index is 0.101. The van der Waals surface area contributed by atoms with Crippen LogP contribution in [0, 0.1) is 0 Å². The Morgan fingerprint density at radius 1 is 1.27 bits per heavy atom. The van der Waals surface area contributed by atoms with Crippen molar-refractivity contribution in [2.24, 2.45) is 5.73 Å². The number of allylic oxidation sites excluding steroid dienone is 5. The van der Waals surface area contributed by atoms with E-state index < -0.39 is 11.7 Å². The highest BCUT2D eigenvalue weighted by Gasteiger charge is 2.30. The molecule has 0 aromatic rings. The Morgan fingerprint density at radius 3 is 2.13 bits per heavy atom. The molecular weight excluding hydrogens is 207 g/mol. The minimum Gasteiger partial charge on any atom is -0.482 e. The van der Waals surface area contributed by atoms with E-state index in [0.29, 0.717) is 5.57 Å². The van der Waals surface area contributed by atoms with Crippen LogP contribution < -0.4 is 5.73 Å². The highest BCUT2D eigenvalue weighted by atomic mass is 19.4. The van der Waals surface area contributed by atoms with E-state index in [4.69, 9.17) is 5.73 Å². The van der Waals surface area contributed by atoms with Crippen molar-refractivity contribution in [1.29, 1.82) is 0 Å². The number of rotatable bonds is 3. The average Bonchev–Trinajstić information content (AvgIpc) is 2.15. The molecule has 0 aliphatic heterocycles. The zero-order valence-corrected chi connectivity index (χ0v) is 8.85. The van der Waals surface area contributed by atoms with Crippen molar-refractivity contribution in [3.05, 3.63) is 35.3 Å². The maximum Gasteiger partial charge on any atom is 0.416 e. The molecule has 0 bridgehead atoms. The Morgan fingerprint density at radius 2 is 1.80 bits per heavy atom. The molecule has 0 heterocycles. The number of methoxy groups -OCH3 is 1. The van der Waals surface area contributed by atoms with Crippen molar-refractivity contribution >= 4 is 0 Å². The molecule has 0 unspecified atom stereocenters. The first-order valence-corrected chi connectivity index (χ1v) is 4.24. The summed E-state index contributed by atoms with van der Waals surface area (Å²) in [7, 11) is 1.35. The van der Waals surface area contributed by atoms with E-state index in [1.165, 1.54) is 20.1 Å². The first kappa shape index (κ1) is 13.6. The number of hydrogen-bond donors (Lipinski definition) is 1. The van der Waals surface area contributed by atoms with Gasteiger partial charge in [0.25, 0.3) is 0 Å². The van der Waals surface area contributed by atoms with Crippen LogP contribution >= 0.6 is 0 Å². The predicted molar refractivity (Wildman–Crippen MR) is 52.8 cm³/mol. The van der Waals surface area contributed by atoms with Crippen LogP contribution in [0.2, 0.25) is 0 Å². The van der Waals surface area contributed by atoms with Gasteiger partial charge in [0, 0.05) is 5.57 Å². The molecule has 0 aliphatic rings. The maximum absolute atomic E-state index is 12.3. The molecule has 0 spiro atoms. The van der Waals surface area contributed by atoms with Crippen molar-refractivity contribution in [2.75, 3.05) is 7.11 Å². The summed E-state index contributed by atoms with van der Waals surface area (Å²) in [6.45, 7) is 2.89. The number of ether oxygens (including phenoxy) is 1. The van der Waals surface area contributed by atoms with Gasteiger partial charge < -0.3 is 10.5 Å². The van der Waals surface area contributed by atoms with Gasteiger partial charge in [-0.25, -0.2) is 0 Å². The third-order valence-corrected chi connectivity index (χ3v) is 1.76. The summed E-state index contributed by atoms with van der Waals surface area (Å²) in [6.07, 6.45) is -1.12. The second-order valence-corrected chi connectivity index (χ2v) is 2.83. The monoisotopic (exact) mass is 221 g/mol. The Bertz CT molecular complexity index is 300. The van der Waals surface area contributed by atoms with Gasteiger partial charge in [-0.1, -0.05) is 12.2 Å². The van der Waals surface area contributed by atoms with Crippen molar-refractivity contribution in [2.45, 2.75) is 20.0 Å². The van der Waals surface area contributed by atoms with E-state index in [0.717, 1.165) is 12.2 Å². The molecule has 0 aromatic carbocycles. The average molecular weight is 221 g/mol. The number of hydrogen-bond acceptors (Lipinski definition) is 2. The minimum atomic E-state index is -4.34. The molecule has 0 saturated heterocycles. The first-order valence-electron chi connectivity index (χ1n) is 4.24. The largest absolute Gasteiger partial charge is 0.482 e. The molecule has 0 amide bonds. The van der Waals surface area contributed by atoms with Crippen LogP contribution in [0.3, 0.4) is 0 Å². The first-order chi connectivity index (χ1) is 6.82. The van der Waals surface area contributed by atoms with Crippen LogP contribution in [0.25, 0.3) is 0 Å². The molecule has 15 heavy (non-hydrogen) atoms. The quantitative estimate of drug-likeness (QED) is 0.587. The zero-order chi connectivity index (χ0) is 12.1. The summed E-state index contributed by atoms with van der Waals surface area (Å²) in [5.74, 6) is 0.101. The van der Waals surface area contributed by atoms with Crippen molar-refractivity contribution in [1.82, 2.24) is 0 Å². The number of alkyl halides is 3. The van der Waals surface area contributed by atoms with Gasteiger partial charge in [-0.15, -0.1) is 0 Å². The van der Waals surface area contributed by atoms with E-state index in [9.17, 15) is 13.2 Å². The number of halogens is 3. The summed E-state index contributed by atoms with van der Waals surface area (Å²) in [4.78, 5) is 0. The zero-order valence-electron chi connectivity index (χ0n) is 8.85. The smallest absolute Gasteiger partial charge is 0.416 e. The normalized spacial score (nSPS) is 15.5. The van der Waals surface area contributed by atoms with Gasteiger partial charge in [0.2, 0.25) is 0 Å². The molecule has 0 aromatic heterocycles. The van der Waals surface area contributed by atoms with Crippen molar-refractivity contribution in [3.63, 3.8) is 0 Å². The number of nitrogens with two attached hydrogens (primary N) is 1. The van der Waals surface area contributed by atoms with Gasteiger partial charge in [-0.05, 0) is 19.9 Å². The van der Waals surface area contributed by atoms with E-state index in [1.54, 1.807) is 6.92 Å². The van der Waals surface area contributed by atoms with Gasteiger partial charge >= 0.3 is 6.18 Å². The molecule has 0 aliphatic carbocycles. The molecule has 0 saturated carbocycles. The van der Waals surface area contributed by atoms with E-state index in [2.05, 4.69) is 4.74 Å². The molecule has 5 heteroatoms. The standard InChI is InChI=1S/C10H14F3NO/c1-4-8(10(11,12)13)6-5-7(2)9(14)15-3/h4-6H,14H2,1-3H3/b6-5-,8-4+,9-7+. The van der Waals surface area contributed by atoms with Gasteiger partial charge in [-0.2, -0.15) is 13.2 Å². The second kappa shape index (κ2) is 5.48. The SMILES string of the molecule is C\C=C(/C=C\C(C)=C(/N)OC)C(F)(F)F. The summed E-state index contributed by atoms with van der Waals surface area (Å²) >= 11 is 0. The maximum atomic E-state index is 12.3. The summed E-state index contributed by atoms with van der Waals surface area (Å²) < 4.78 is 41.4. The van der Waals surface area contributed by atoms with Crippen LogP contribution in [-0.2, 0) is 4.74 Å². The summed E-state index contributed by atoms with van der Waals surface area (Å²) in [5, 5.41) is 0. The predicted octanol–water partition coefficient (Wildman–Crippen LogP) is 2.89. The molecular formula is C10H14F3NO. The van der Waals surface area contributed by atoms with Gasteiger partial charge in [-0.3, -0.25) is 0 Å². The van der Waals surface area contributed by atoms with Crippen LogP contribution in [0.5, 0.6) is 0 Å². The lowest BCUT2D eigenvalue weighted by Crippen LogP contribution is -2.09. The van der Waals surface area contributed by atoms with Gasteiger partial charge in [0.15, 0.2) is 5.88 Å². The molecule has 0 fully saturated rings. The van der Waals surface area contributed by atoms with Crippen LogP contribution in [0.15, 0.2) is 35.3 Å². The van der Waals surface area contributed by atoms with Crippen molar-refractivity contribution in [3.8, 4) is 0 Å². The van der Waals surface area contributed by atoms with Gasteiger partial charge in [0.1, 0.15) is 0 Å². The summed E-state index contributed by atoms with van der Waals surface area (Å²) in [6, 6.07) is 0. The van der Waals surface area contributed by atoms with E-state index >= 15 is 0 Å². The Labute approximate surface area is 86.9 Å². The van der Waals surface area contributed by atoms with Crippen molar-refractivity contribution < 1.29 is 17.9 Å². The fourth-order valence-electron chi connectivity index (χ4n) is 0.812. The molecule has 86 valence electrons. The van der Waals surface area contributed by atoms with E-state index in [1.807, 2.05) is 0 Å².